The fourth-order valence-electron chi connectivity index (χ4n) is 1.93. The van der Waals surface area contributed by atoms with Gasteiger partial charge in [0.05, 0.1) is 0 Å². The summed E-state index contributed by atoms with van der Waals surface area (Å²) in [5.41, 5.74) is 1.97. The van der Waals surface area contributed by atoms with E-state index in [4.69, 9.17) is 0 Å². The zero-order valence-electron chi connectivity index (χ0n) is 11.9. The van der Waals surface area contributed by atoms with Gasteiger partial charge >= 0.3 is 0 Å². The standard InChI is InChI=1S/C15H19N3OS/c1-10-8-17-15(20-10)9-16-11(2)13-5-4-6-14(7-13)18-12(3)19/h4-8,11,16H,9H2,1-3H3,(H,18,19). The zero-order valence-corrected chi connectivity index (χ0v) is 12.8. The maximum atomic E-state index is 11.1. The van der Waals surface area contributed by atoms with E-state index >= 15 is 0 Å². The number of aromatic nitrogens is 1. The molecule has 1 aromatic heterocycles. The average Bonchev–Trinajstić information content (AvgIpc) is 2.81. The van der Waals surface area contributed by atoms with Crippen LogP contribution in [0.5, 0.6) is 0 Å². The third kappa shape index (κ3) is 4.15. The van der Waals surface area contributed by atoms with Crippen LogP contribution in [-0.2, 0) is 11.3 Å². The minimum absolute atomic E-state index is 0.0546. The van der Waals surface area contributed by atoms with Crippen molar-refractivity contribution in [3.8, 4) is 0 Å². The Labute approximate surface area is 123 Å². The van der Waals surface area contributed by atoms with Gasteiger partial charge < -0.3 is 10.6 Å². The van der Waals surface area contributed by atoms with Crippen LogP contribution in [0.3, 0.4) is 0 Å². The van der Waals surface area contributed by atoms with E-state index in [1.165, 1.54) is 11.8 Å². The smallest absolute Gasteiger partial charge is 0.221 e. The van der Waals surface area contributed by atoms with Crippen molar-refractivity contribution >= 4 is 22.9 Å². The molecule has 2 aromatic rings. The summed E-state index contributed by atoms with van der Waals surface area (Å²) in [5.74, 6) is -0.0546. The highest BCUT2D eigenvalue weighted by molar-refractivity contribution is 7.11. The SMILES string of the molecule is CC(=O)Nc1cccc(C(C)NCc2ncc(C)s2)c1. The molecule has 20 heavy (non-hydrogen) atoms. The fourth-order valence-corrected chi connectivity index (χ4v) is 2.67. The summed E-state index contributed by atoms with van der Waals surface area (Å²) in [6.45, 7) is 6.43. The molecule has 0 saturated heterocycles. The van der Waals surface area contributed by atoms with Gasteiger partial charge in [-0.1, -0.05) is 12.1 Å². The first-order valence-electron chi connectivity index (χ1n) is 6.57. The largest absolute Gasteiger partial charge is 0.326 e. The van der Waals surface area contributed by atoms with Crippen molar-refractivity contribution < 1.29 is 4.79 Å². The first-order chi connectivity index (χ1) is 9.54. The number of rotatable bonds is 5. The van der Waals surface area contributed by atoms with Crippen LogP contribution in [0.25, 0.3) is 0 Å². The molecule has 1 aromatic carbocycles. The van der Waals surface area contributed by atoms with Gasteiger partial charge in [-0.15, -0.1) is 11.3 Å². The predicted octanol–water partition coefficient (Wildman–Crippen LogP) is 3.26. The van der Waals surface area contributed by atoms with E-state index in [2.05, 4.69) is 35.5 Å². The molecule has 0 spiro atoms. The number of anilines is 1. The molecule has 5 heteroatoms. The van der Waals surface area contributed by atoms with E-state index < -0.39 is 0 Å². The summed E-state index contributed by atoms with van der Waals surface area (Å²) in [6, 6.07) is 8.09. The topological polar surface area (TPSA) is 54.0 Å². The number of nitrogens with zero attached hydrogens (tertiary/aromatic N) is 1. The highest BCUT2D eigenvalue weighted by Crippen LogP contribution is 2.18. The van der Waals surface area contributed by atoms with Crippen LogP contribution in [-0.4, -0.2) is 10.9 Å². The Bertz CT molecular complexity index is 594. The van der Waals surface area contributed by atoms with Gasteiger partial charge in [0, 0.05) is 36.3 Å². The summed E-state index contributed by atoms with van der Waals surface area (Å²) in [5, 5.41) is 7.33. The molecule has 1 atom stereocenters. The molecule has 4 nitrogen and oxygen atoms in total. The quantitative estimate of drug-likeness (QED) is 0.888. The zero-order chi connectivity index (χ0) is 14.5. The number of hydrogen-bond acceptors (Lipinski definition) is 4. The third-order valence-electron chi connectivity index (χ3n) is 2.94. The van der Waals surface area contributed by atoms with Crippen LogP contribution in [0, 0.1) is 6.92 Å². The van der Waals surface area contributed by atoms with Crippen LogP contribution < -0.4 is 10.6 Å². The van der Waals surface area contributed by atoms with E-state index in [1.807, 2.05) is 24.4 Å². The molecule has 2 N–H and O–H groups in total. The summed E-state index contributed by atoms with van der Waals surface area (Å²) in [7, 11) is 0. The molecule has 0 aliphatic carbocycles. The highest BCUT2D eigenvalue weighted by Gasteiger charge is 2.07. The van der Waals surface area contributed by atoms with Crippen molar-refractivity contribution in [2.75, 3.05) is 5.32 Å². The lowest BCUT2D eigenvalue weighted by Gasteiger charge is -2.14. The second-order valence-corrected chi connectivity index (χ2v) is 6.09. The number of benzene rings is 1. The molecule has 2 rings (SSSR count). The van der Waals surface area contributed by atoms with Gasteiger partial charge in [0.1, 0.15) is 5.01 Å². The van der Waals surface area contributed by atoms with Gasteiger partial charge in [-0.3, -0.25) is 4.79 Å². The van der Waals surface area contributed by atoms with Crippen molar-refractivity contribution in [3.05, 3.63) is 45.9 Å². The van der Waals surface area contributed by atoms with E-state index in [9.17, 15) is 4.79 Å². The average molecular weight is 289 g/mol. The molecule has 1 unspecified atom stereocenters. The molecule has 0 radical (unpaired) electrons. The molecule has 0 saturated carbocycles. The second-order valence-electron chi connectivity index (χ2n) is 4.77. The summed E-state index contributed by atoms with van der Waals surface area (Å²) in [4.78, 5) is 16.6. The van der Waals surface area contributed by atoms with Crippen molar-refractivity contribution in [2.45, 2.75) is 33.4 Å². The van der Waals surface area contributed by atoms with Gasteiger partial charge in [0.15, 0.2) is 0 Å². The van der Waals surface area contributed by atoms with Gasteiger partial charge in [-0.2, -0.15) is 0 Å². The molecule has 0 bridgehead atoms. The number of hydrogen-bond donors (Lipinski definition) is 2. The second kappa shape index (κ2) is 6.63. The van der Waals surface area contributed by atoms with Crippen LogP contribution >= 0.6 is 11.3 Å². The Hall–Kier alpha value is -1.72. The number of carbonyl (C=O) groups excluding carboxylic acids is 1. The lowest BCUT2D eigenvalue weighted by molar-refractivity contribution is -0.114. The Kier molecular flexibility index (Phi) is 4.87. The summed E-state index contributed by atoms with van der Waals surface area (Å²) < 4.78 is 0. The van der Waals surface area contributed by atoms with Crippen molar-refractivity contribution in [2.24, 2.45) is 0 Å². The van der Waals surface area contributed by atoms with Gasteiger partial charge in [0.2, 0.25) is 5.91 Å². The number of nitrogens with one attached hydrogen (secondary N) is 2. The monoisotopic (exact) mass is 289 g/mol. The minimum atomic E-state index is -0.0546. The van der Waals surface area contributed by atoms with Gasteiger partial charge in [-0.05, 0) is 31.5 Å². The molecule has 1 heterocycles. The molecule has 1 amide bonds. The number of thiazole rings is 1. The van der Waals surface area contributed by atoms with E-state index in [0.29, 0.717) is 0 Å². The fraction of sp³-hybridized carbons (Fsp3) is 0.333. The van der Waals surface area contributed by atoms with E-state index in [-0.39, 0.29) is 11.9 Å². The van der Waals surface area contributed by atoms with E-state index in [1.54, 1.807) is 11.3 Å². The number of aryl methyl sites for hydroxylation is 1. The van der Waals surface area contributed by atoms with Crippen molar-refractivity contribution in [1.82, 2.24) is 10.3 Å². The number of amides is 1. The number of carbonyl (C=O) groups is 1. The molecular formula is C15H19N3OS. The van der Waals surface area contributed by atoms with Crippen LogP contribution in [0.2, 0.25) is 0 Å². The van der Waals surface area contributed by atoms with Crippen LogP contribution in [0.4, 0.5) is 5.69 Å². The van der Waals surface area contributed by atoms with Crippen LogP contribution in [0.1, 0.15) is 35.3 Å². The maximum Gasteiger partial charge on any atom is 0.221 e. The molecule has 0 aliphatic heterocycles. The van der Waals surface area contributed by atoms with E-state index in [0.717, 1.165) is 22.8 Å². The Balaban J connectivity index is 1.97. The lowest BCUT2D eigenvalue weighted by atomic mass is 10.1. The molecule has 106 valence electrons. The Morgan fingerprint density at radius 3 is 2.90 bits per heavy atom. The molecular weight excluding hydrogens is 270 g/mol. The Morgan fingerprint density at radius 1 is 1.45 bits per heavy atom. The van der Waals surface area contributed by atoms with Crippen LogP contribution in [0.15, 0.2) is 30.5 Å². The lowest BCUT2D eigenvalue weighted by Crippen LogP contribution is -2.18. The third-order valence-corrected chi connectivity index (χ3v) is 3.85. The summed E-state index contributed by atoms with van der Waals surface area (Å²) >= 11 is 1.71. The van der Waals surface area contributed by atoms with Crippen molar-refractivity contribution in [1.29, 1.82) is 0 Å². The summed E-state index contributed by atoms with van der Waals surface area (Å²) in [6.07, 6.45) is 1.89. The minimum Gasteiger partial charge on any atom is -0.326 e. The van der Waals surface area contributed by atoms with Gasteiger partial charge in [-0.25, -0.2) is 4.98 Å². The molecule has 0 fully saturated rings. The first-order valence-corrected chi connectivity index (χ1v) is 7.38. The molecule has 0 aliphatic rings. The van der Waals surface area contributed by atoms with Crippen molar-refractivity contribution in [3.63, 3.8) is 0 Å². The maximum absolute atomic E-state index is 11.1. The highest BCUT2D eigenvalue weighted by atomic mass is 32.1. The van der Waals surface area contributed by atoms with Gasteiger partial charge in [0.25, 0.3) is 0 Å². The normalized spacial score (nSPS) is 12.2. The predicted molar refractivity (Wildman–Crippen MR) is 82.9 cm³/mol. The Morgan fingerprint density at radius 2 is 2.25 bits per heavy atom. The first kappa shape index (κ1) is 14.7.